The number of halogens is 4. The summed E-state index contributed by atoms with van der Waals surface area (Å²) < 4.78 is 60.1. The maximum atomic E-state index is 14.6. The van der Waals surface area contributed by atoms with Gasteiger partial charge in [0.05, 0.1) is 17.4 Å². The minimum atomic E-state index is -5.00. The van der Waals surface area contributed by atoms with Crippen LogP contribution in [0.2, 0.25) is 0 Å². The molecule has 2 heterocycles. The van der Waals surface area contributed by atoms with E-state index in [1.807, 2.05) is 0 Å². The molecule has 8 heteroatoms. The van der Waals surface area contributed by atoms with Crippen LogP contribution >= 0.6 is 0 Å². The summed E-state index contributed by atoms with van der Waals surface area (Å²) in [5, 5.41) is 16.3. The fourth-order valence-electron chi connectivity index (χ4n) is 4.34. The van der Waals surface area contributed by atoms with E-state index in [1.165, 1.54) is 59.5 Å². The summed E-state index contributed by atoms with van der Waals surface area (Å²) in [5.41, 5.74) is -2.21. The van der Waals surface area contributed by atoms with Gasteiger partial charge in [-0.2, -0.15) is 18.3 Å². The van der Waals surface area contributed by atoms with Gasteiger partial charge in [-0.05, 0) is 48.0 Å². The van der Waals surface area contributed by atoms with Crippen LogP contribution in [-0.2, 0) is 12.1 Å². The van der Waals surface area contributed by atoms with Crippen molar-refractivity contribution in [2.75, 3.05) is 0 Å². The molecule has 1 N–H and O–H groups in total. The number of allylic oxidation sites excluding steroid dienone is 1. The van der Waals surface area contributed by atoms with Gasteiger partial charge >= 0.3 is 6.18 Å². The lowest BCUT2D eigenvalue weighted by atomic mass is 9.85. The molecule has 172 valence electrons. The third kappa shape index (κ3) is 3.30. The fraction of sp³-hybridized carbons (Fsp3) is 0.115. The minimum Gasteiger partial charge on any atom is -0.372 e. The first-order valence-corrected chi connectivity index (χ1v) is 10.5. The van der Waals surface area contributed by atoms with Gasteiger partial charge in [0.15, 0.2) is 0 Å². The summed E-state index contributed by atoms with van der Waals surface area (Å²) in [6.45, 7) is 3.96. The van der Waals surface area contributed by atoms with Crippen LogP contribution in [-0.4, -0.2) is 25.6 Å². The number of fused-ring (bicyclic) bond motifs is 2. The topological polar surface area (TPSA) is 43.0 Å². The molecule has 0 aliphatic carbocycles. The highest BCUT2D eigenvalue weighted by atomic mass is 19.4. The number of benzene rings is 3. The molecule has 0 amide bonds. The molecule has 3 aromatic carbocycles. The molecule has 1 atom stereocenters. The lowest BCUT2D eigenvalue weighted by molar-refractivity contribution is -0.247. The maximum Gasteiger partial charge on any atom is 0.425 e. The summed E-state index contributed by atoms with van der Waals surface area (Å²) in [5.74, 6) is -0.409. The molecule has 5 aromatic rings. The Balaban J connectivity index is 1.71. The number of para-hydroxylation sites is 1. The average molecular weight is 465 g/mol. The number of hydrogen-bond acceptors (Lipinski definition) is 2. The zero-order valence-corrected chi connectivity index (χ0v) is 17.8. The molecule has 0 spiro atoms. The first-order valence-electron chi connectivity index (χ1n) is 10.5. The standard InChI is InChI=1S/C26H19F4N3O/c1-2-13-32-16-22(21-5-3-4-6-24(21)32)25(34,26(28,29)30)18-7-12-23-17(14-18)15-31-33(23)20-10-8-19(27)9-11-20/h2-12,14-16,34H,1,13H2. The Morgan fingerprint density at radius 3 is 2.41 bits per heavy atom. The molecular formula is C26H19F4N3O. The molecule has 0 radical (unpaired) electrons. The van der Waals surface area contributed by atoms with Crippen LogP contribution in [0.1, 0.15) is 11.1 Å². The van der Waals surface area contributed by atoms with E-state index in [4.69, 9.17) is 0 Å². The maximum absolute atomic E-state index is 14.6. The molecule has 0 bridgehead atoms. The van der Waals surface area contributed by atoms with Crippen molar-refractivity contribution in [3.8, 4) is 5.69 Å². The van der Waals surface area contributed by atoms with Gasteiger partial charge < -0.3 is 9.67 Å². The largest absolute Gasteiger partial charge is 0.425 e. The molecule has 5 rings (SSSR count). The van der Waals surface area contributed by atoms with E-state index < -0.39 is 17.6 Å². The first-order chi connectivity index (χ1) is 16.2. The van der Waals surface area contributed by atoms with Gasteiger partial charge in [0.1, 0.15) is 5.82 Å². The van der Waals surface area contributed by atoms with Gasteiger partial charge in [-0.15, -0.1) is 6.58 Å². The highest BCUT2D eigenvalue weighted by Crippen LogP contribution is 2.47. The lowest BCUT2D eigenvalue weighted by Crippen LogP contribution is -2.43. The Labute approximate surface area is 192 Å². The Morgan fingerprint density at radius 1 is 0.971 bits per heavy atom. The second-order valence-corrected chi connectivity index (χ2v) is 8.02. The van der Waals surface area contributed by atoms with E-state index in [1.54, 1.807) is 34.9 Å². The molecule has 0 aliphatic heterocycles. The first kappa shape index (κ1) is 21.9. The number of aromatic nitrogens is 3. The molecule has 0 aliphatic rings. The van der Waals surface area contributed by atoms with Gasteiger partial charge in [0.25, 0.3) is 0 Å². The van der Waals surface area contributed by atoms with E-state index in [-0.39, 0.29) is 17.7 Å². The van der Waals surface area contributed by atoms with Crippen LogP contribution in [0.15, 0.2) is 91.8 Å². The van der Waals surface area contributed by atoms with Crippen molar-refractivity contribution in [3.05, 3.63) is 109 Å². The zero-order chi connectivity index (χ0) is 24.1. The van der Waals surface area contributed by atoms with Crippen LogP contribution < -0.4 is 0 Å². The SMILES string of the molecule is C=CCn1cc(C(O)(c2ccc3c(cnn3-c3ccc(F)cc3)c2)C(F)(F)F)c2ccccc21. The van der Waals surface area contributed by atoms with Gasteiger partial charge in [0, 0.05) is 34.6 Å². The Hall–Kier alpha value is -3.91. The van der Waals surface area contributed by atoms with E-state index >= 15 is 0 Å². The molecule has 34 heavy (non-hydrogen) atoms. The van der Waals surface area contributed by atoms with Crippen molar-refractivity contribution in [3.63, 3.8) is 0 Å². The monoisotopic (exact) mass is 465 g/mol. The molecular weight excluding hydrogens is 446 g/mol. The zero-order valence-electron chi connectivity index (χ0n) is 17.8. The van der Waals surface area contributed by atoms with Crippen molar-refractivity contribution in [1.29, 1.82) is 0 Å². The summed E-state index contributed by atoms with van der Waals surface area (Å²) in [7, 11) is 0. The van der Waals surface area contributed by atoms with Crippen LogP contribution in [0.3, 0.4) is 0 Å². The normalized spacial score (nSPS) is 13.9. The Bertz CT molecular complexity index is 1520. The molecule has 1 unspecified atom stereocenters. The highest BCUT2D eigenvalue weighted by Gasteiger charge is 2.57. The van der Waals surface area contributed by atoms with Crippen LogP contribution in [0, 0.1) is 5.82 Å². The third-order valence-electron chi connectivity index (χ3n) is 5.97. The number of alkyl halides is 3. The highest BCUT2D eigenvalue weighted by molar-refractivity contribution is 5.87. The molecule has 4 nitrogen and oxygen atoms in total. The summed E-state index contributed by atoms with van der Waals surface area (Å²) >= 11 is 0. The van der Waals surface area contributed by atoms with Crippen LogP contribution in [0.4, 0.5) is 17.6 Å². The van der Waals surface area contributed by atoms with Crippen LogP contribution in [0.5, 0.6) is 0 Å². The molecule has 0 fully saturated rings. The van der Waals surface area contributed by atoms with Crippen LogP contribution in [0.25, 0.3) is 27.5 Å². The third-order valence-corrected chi connectivity index (χ3v) is 5.97. The lowest BCUT2D eigenvalue weighted by Gasteiger charge is -2.31. The van der Waals surface area contributed by atoms with Gasteiger partial charge in [-0.1, -0.05) is 30.3 Å². The molecule has 0 saturated heterocycles. The minimum absolute atomic E-state index is 0.261. The van der Waals surface area contributed by atoms with Crippen molar-refractivity contribution >= 4 is 21.8 Å². The van der Waals surface area contributed by atoms with Crippen molar-refractivity contribution < 1.29 is 22.7 Å². The number of nitrogens with zero attached hydrogens (tertiary/aromatic N) is 3. The molecule has 0 saturated carbocycles. The van der Waals surface area contributed by atoms with E-state index in [0.717, 1.165) is 0 Å². The fourth-order valence-corrected chi connectivity index (χ4v) is 4.34. The second kappa shape index (κ2) is 7.85. The molecule has 2 aromatic heterocycles. The van der Waals surface area contributed by atoms with Crippen molar-refractivity contribution in [2.24, 2.45) is 0 Å². The smallest absolute Gasteiger partial charge is 0.372 e. The number of aliphatic hydroxyl groups is 1. The van der Waals surface area contributed by atoms with E-state index in [9.17, 15) is 22.7 Å². The van der Waals surface area contributed by atoms with E-state index in [0.29, 0.717) is 27.5 Å². The van der Waals surface area contributed by atoms with Crippen molar-refractivity contribution in [2.45, 2.75) is 18.3 Å². The number of hydrogen-bond donors (Lipinski definition) is 1. The Morgan fingerprint density at radius 2 is 1.71 bits per heavy atom. The Kier molecular flexibility index (Phi) is 5.06. The van der Waals surface area contributed by atoms with Gasteiger partial charge in [-0.3, -0.25) is 0 Å². The predicted molar refractivity (Wildman–Crippen MR) is 122 cm³/mol. The quantitative estimate of drug-likeness (QED) is 0.252. The second-order valence-electron chi connectivity index (χ2n) is 8.02. The van der Waals surface area contributed by atoms with Gasteiger partial charge in [-0.25, -0.2) is 9.07 Å². The summed E-state index contributed by atoms with van der Waals surface area (Å²) in [6.07, 6.45) is -0.679. The summed E-state index contributed by atoms with van der Waals surface area (Å²) in [6, 6.07) is 16.2. The van der Waals surface area contributed by atoms with Crippen molar-refractivity contribution in [1.82, 2.24) is 14.3 Å². The summed E-state index contributed by atoms with van der Waals surface area (Å²) in [4.78, 5) is 0. The van der Waals surface area contributed by atoms with E-state index in [2.05, 4.69) is 11.7 Å². The number of rotatable bonds is 5. The van der Waals surface area contributed by atoms with Gasteiger partial charge in [0.2, 0.25) is 5.60 Å². The predicted octanol–water partition coefficient (Wildman–Crippen LogP) is 6.10. The average Bonchev–Trinajstić information content (AvgIpc) is 3.40.